The summed E-state index contributed by atoms with van der Waals surface area (Å²) in [7, 11) is 0. The molecular weight excluding hydrogens is 284 g/mol. The number of carbonyl (C=O) groups is 2. The monoisotopic (exact) mass is 302 g/mol. The third-order valence-electron chi connectivity index (χ3n) is 4.34. The second-order valence-corrected chi connectivity index (χ2v) is 6.05. The molecule has 3 aliphatic rings. The second kappa shape index (κ2) is 5.19. The lowest BCUT2D eigenvalue weighted by Gasteiger charge is -2.24. The van der Waals surface area contributed by atoms with Gasteiger partial charge in [0.05, 0.1) is 0 Å². The highest BCUT2D eigenvalue weighted by Gasteiger charge is 2.38. The quantitative estimate of drug-likeness (QED) is 0.907. The zero-order valence-corrected chi connectivity index (χ0v) is 12.2. The molecule has 1 N–H and O–H groups in total. The third kappa shape index (κ3) is 2.49. The number of benzene rings is 1. The molecule has 4 rings (SSSR count). The number of hydrogen-bond acceptors (Lipinski definition) is 4. The van der Waals surface area contributed by atoms with E-state index in [1.165, 1.54) is 0 Å². The first-order chi connectivity index (χ1) is 10.7. The van der Waals surface area contributed by atoms with Crippen molar-refractivity contribution in [3.8, 4) is 11.5 Å². The minimum Gasteiger partial charge on any atom is -0.454 e. The molecular formula is C16H18N2O4. The molecule has 1 aromatic carbocycles. The minimum absolute atomic E-state index is 0.0194. The molecule has 22 heavy (non-hydrogen) atoms. The Kier molecular flexibility index (Phi) is 3.17. The Bertz CT molecular complexity index is 627. The van der Waals surface area contributed by atoms with Gasteiger partial charge in [-0.05, 0) is 37.0 Å². The Balaban J connectivity index is 1.49. The van der Waals surface area contributed by atoms with E-state index in [1.807, 2.05) is 18.2 Å². The van der Waals surface area contributed by atoms with Gasteiger partial charge in [0.25, 0.3) is 0 Å². The highest BCUT2D eigenvalue weighted by Crippen LogP contribution is 2.33. The molecule has 6 heteroatoms. The molecule has 116 valence electrons. The Hall–Kier alpha value is -2.24. The summed E-state index contributed by atoms with van der Waals surface area (Å²) in [6.07, 6.45) is 3.14. The molecule has 0 unspecified atom stereocenters. The lowest BCUT2D eigenvalue weighted by Crippen LogP contribution is -2.45. The first-order valence-electron chi connectivity index (χ1n) is 7.69. The highest BCUT2D eigenvalue weighted by molar-refractivity contribution is 5.91. The highest BCUT2D eigenvalue weighted by atomic mass is 16.7. The van der Waals surface area contributed by atoms with Crippen molar-refractivity contribution >= 4 is 11.8 Å². The van der Waals surface area contributed by atoms with Gasteiger partial charge in [0.1, 0.15) is 6.04 Å². The van der Waals surface area contributed by atoms with Crippen molar-refractivity contribution in [1.29, 1.82) is 0 Å². The molecule has 1 atom stereocenters. The molecule has 2 aliphatic heterocycles. The van der Waals surface area contributed by atoms with Crippen molar-refractivity contribution in [3.63, 3.8) is 0 Å². The van der Waals surface area contributed by atoms with E-state index in [4.69, 9.17) is 9.47 Å². The van der Waals surface area contributed by atoms with Gasteiger partial charge >= 0.3 is 0 Å². The van der Waals surface area contributed by atoms with E-state index in [2.05, 4.69) is 5.32 Å². The van der Waals surface area contributed by atoms with Crippen molar-refractivity contribution in [2.45, 2.75) is 44.3 Å². The molecule has 1 saturated heterocycles. The number of carbonyl (C=O) groups excluding carboxylic acids is 2. The number of ether oxygens (including phenoxy) is 2. The predicted octanol–water partition coefficient (Wildman–Crippen LogP) is 1.18. The third-order valence-corrected chi connectivity index (χ3v) is 4.34. The van der Waals surface area contributed by atoms with Crippen LogP contribution >= 0.6 is 0 Å². The van der Waals surface area contributed by atoms with E-state index in [0.717, 1.165) is 24.2 Å². The Morgan fingerprint density at radius 2 is 2.05 bits per heavy atom. The summed E-state index contributed by atoms with van der Waals surface area (Å²) in [5.74, 6) is 1.44. The van der Waals surface area contributed by atoms with E-state index in [9.17, 15) is 9.59 Å². The molecule has 0 spiro atoms. The SMILES string of the molecule is O=C(NC1CC1)[C@@H]1CCC(=O)N1Cc1ccc2c(c1)OCO2. The van der Waals surface area contributed by atoms with Crippen molar-refractivity contribution in [2.75, 3.05) is 6.79 Å². The molecule has 1 saturated carbocycles. The zero-order chi connectivity index (χ0) is 15.1. The number of nitrogens with one attached hydrogen (secondary N) is 1. The minimum atomic E-state index is -0.349. The van der Waals surface area contributed by atoms with Crippen LogP contribution in [0, 0.1) is 0 Å². The summed E-state index contributed by atoms with van der Waals surface area (Å²) < 4.78 is 10.6. The Morgan fingerprint density at radius 3 is 2.86 bits per heavy atom. The lowest BCUT2D eigenvalue weighted by atomic mass is 10.1. The number of likely N-dealkylation sites (tertiary alicyclic amines) is 1. The van der Waals surface area contributed by atoms with Crippen LogP contribution < -0.4 is 14.8 Å². The van der Waals surface area contributed by atoms with Crippen molar-refractivity contribution < 1.29 is 19.1 Å². The van der Waals surface area contributed by atoms with Crippen LogP contribution in [-0.2, 0) is 16.1 Å². The summed E-state index contributed by atoms with van der Waals surface area (Å²) in [5.41, 5.74) is 0.948. The van der Waals surface area contributed by atoms with Gasteiger partial charge in [0, 0.05) is 19.0 Å². The van der Waals surface area contributed by atoms with Gasteiger partial charge in [-0.2, -0.15) is 0 Å². The first-order valence-corrected chi connectivity index (χ1v) is 7.69. The van der Waals surface area contributed by atoms with Crippen LogP contribution in [0.4, 0.5) is 0 Å². The normalized spacial score (nSPS) is 23.0. The molecule has 2 amide bonds. The van der Waals surface area contributed by atoms with Gasteiger partial charge in [-0.1, -0.05) is 6.07 Å². The molecule has 0 bridgehead atoms. The molecule has 0 radical (unpaired) electrons. The summed E-state index contributed by atoms with van der Waals surface area (Å²) in [6.45, 7) is 0.659. The smallest absolute Gasteiger partial charge is 0.243 e. The van der Waals surface area contributed by atoms with Crippen LogP contribution in [0.1, 0.15) is 31.2 Å². The summed E-state index contributed by atoms with van der Waals surface area (Å²) >= 11 is 0. The van der Waals surface area contributed by atoms with E-state index in [-0.39, 0.29) is 24.6 Å². The number of amides is 2. The predicted molar refractivity (Wildman–Crippen MR) is 77.3 cm³/mol. The first kappa shape index (κ1) is 13.4. The number of rotatable bonds is 4. The van der Waals surface area contributed by atoms with E-state index in [1.54, 1.807) is 4.90 Å². The van der Waals surface area contributed by atoms with Gasteiger partial charge in [-0.25, -0.2) is 0 Å². The van der Waals surface area contributed by atoms with E-state index in [0.29, 0.717) is 31.2 Å². The molecule has 0 aromatic heterocycles. The molecule has 6 nitrogen and oxygen atoms in total. The van der Waals surface area contributed by atoms with Gasteiger partial charge in [-0.15, -0.1) is 0 Å². The average Bonchev–Trinajstić information content (AvgIpc) is 3.07. The van der Waals surface area contributed by atoms with Crippen molar-refractivity contribution in [1.82, 2.24) is 10.2 Å². The summed E-state index contributed by atoms with van der Waals surface area (Å²) in [4.78, 5) is 26.1. The standard InChI is InChI=1S/C16H18N2O4/c19-15-6-4-12(16(20)17-11-2-3-11)18(15)8-10-1-5-13-14(7-10)22-9-21-13/h1,5,7,11-12H,2-4,6,8-9H2,(H,17,20)/t12-/m0/s1. The summed E-state index contributed by atoms with van der Waals surface area (Å²) in [5, 5.41) is 3.00. The van der Waals surface area contributed by atoms with Crippen LogP contribution in [0.15, 0.2) is 18.2 Å². The molecule has 2 heterocycles. The Labute approximate surface area is 128 Å². The van der Waals surface area contributed by atoms with Gasteiger partial charge in [0.2, 0.25) is 18.6 Å². The fourth-order valence-electron chi connectivity index (χ4n) is 2.97. The average molecular weight is 302 g/mol. The van der Waals surface area contributed by atoms with Crippen LogP contribution in [0.2, 0.25) is 0 Å². The number of fused-ring (bicyclic) bond motifs is 1. The van der Waals surface area contributed by atoms with Crippen molar-refractivity contribution in [2.24, 2.45) is 0 Å². The van der Waals surface area contributed by atoms with Gasteiger partial charge in [0.15, 0.2) is 11.5 Å². The number of nitrogens with zero attached hydrogens (tertiary/aromatic N) is 1. The van der Waals surface area contributed by atoms with Crippen molar-refractivity contribution in [3.05, 3.63) is 23.8 Å². The molecule has 1 aromatic rings. The van der Waals surface area contributed by atoms with Crippen LogP contribution in [0.3, 0.4) is 0 Å². The maximum atomic E-state index is 12.3. The topological polar surface area (TPSA) is 67.9 Å². The maximum absolute atomic E-state index is 12.3. The summed E-state index contributed by atoms with van der Waals surface area (Å²) in [6, 6.07) is 5.60. The number of hydrogen-bond donors (Lipinski definition) is 1. The lowest BCUT2D eigenvalue weighted by molar-refractivity contribution is -0.135. The fourth-order valence-corrected chi connectivity index (χ4v) is 2.97. The zero-order valence-electron chi connectivity index (χ0n) is 12.2. The van der Waals surface area contributed by atoms with E-state index >= 15 is 0 Å². The largest absolute Gasteiger partial charge is 0.454 e. The second-order valence-electron chi connectivity index (χ2n) is 6.05. The molecule has 2 fully saturated rings. The maximum Gasteiger partial charge on any atom is 0.243 e. The van der Waals surface area contributed by atoms with Crippen LogP contribution in [0.25, 0.3) is 0 Å². The van der Waals surface area contributed by atoms with Gasteiger partial charge in [-0.3, -0.25) is 9.59 Å². The fraction of sp³-hybridized carbons (Fsp3) is 0.500. The van der Waals surface area contributed by atoms with Crippen LogP contribution in [-0.4, -0.2) is 35.6 Å². The van der Waals surface area contributed by atoms with E-state index < -0.39 is 0 Å². The van der Waals surface area contributed by atoms with Gasteiger partial charge < -0.3 is 19.7 Å². The molecule has 1 aliphatic carbocycles. The Morgan fingerprint density at radius 1 is 1.23 bits per heavy atom. The van der Waals surface area contributed by atoms with Crippen LogP contribution in [0.5, 0.6) is 11.5 Å².